The standard InChI is InChI=1S/C17H18ClN5O2.C3H8O2/c18-12-3-1-11(2-4-12)7-19-16-15-17(21-9-20-16)23(10-22-15)14-6-5-13(8-24)25-14;1-3(2,4)5/h1-4,9-10,13-14,24H,5-8H2,(H,19,20,21);4-5H,1-2H3. The van der Waals surface area contributed by atoms with E-state index < -0.39 is 5.79 Å². The first kappa shape index (κ1) is 22.4. The van der Waals surface area contributed by atoms with E-state index in [-0.39, 0.29) is 18.9 Å². The number of halogens is 1. The smallest absolute Gasteiger partial charge is 0.167 e. The lowest BCUT2D eigenvalue weighted by atomic mass is 10.2. The van der Waals surface area contributed by atoms with Crippen molar-refractivity contribution in [1.82, 2.24) is 19.5 Å². The van der Waals surface area contributed by atoms with Gasteiger partial charge in [-0.1, -0.05) is 23.7 Å². The molecule has 162 valence electrons. The zero-order valence-corrected chi connectivity index (χ0v) is 17.6. The Morgan fingerprint density at radius 1 is 1.17 bits per heavy atom. The van der Waals surface area contributed by atoms with Crippen molar-refractivity contribution in [3.63, 3.8) is 0 Å². The van der Waals surface area contributed by atoms with Gasteiger partial charge in [-0.05, 0) is 44.4 Å². The summed E-state index contributed by atoms with van der Waals surface area (Å²) < 4.78 is 7.73. The first-order valence-corrected chi connectivity index (χ1v) is 9.99. The molecule has 4 rings (SSSR count). The van der Waals surface area contributed by atoms with Gasteiger partial charge in [0, 0.05) is 11.6 Å². The predicted octanol–water partition coefficient (Wildman–Crippen LogP) is 2.47. The Kier molecular flexibility index (Phi) is 7.22. The van der Waals surface area contributed by atoms with Crippen molar-refractivity contribution in [2.45, 2.75) is 51.4 Å². The second-order valence-corrected chi connectivity index (χ2v) is 7.93. The molecule has 2 unspecified atom stereocenters. The quantitative estimate of drug-likeness (QED) is 0.450. The number of aromatic nitrogens is 4. The second-order valence-electron chi connectivity index (χ2n) is 7.49. The summed E-state index contributed by atoms with van der Waals surface area (Å²) in [6, 6.07) is 7.65. The molecule has 10 heteroatoms. The van der Waals surface area contributed by atoms with Crippen molar-refractivity contribution in [1.29, 1.82) is 0 Å². The van der Waals surface area contributed by atoms with Crippen LogP contribution in [-0.2, 0) is 11.3 Å². The molecular formula is C20H26ClN5O4. The molecule has 3 aromatic rings. The Balaban J connectivity index is 0.000000461. The number of benzene rings is 1. The number of imidazole rings is 1. The maximum Gasteiger partial charge on any atom is 0.167 e. The highest BCUT2D eigenvalue weighted by Gasteiger charge is 2.27. The molecule has 4 N–H and O–H groups in total. The largest absolute Gasteiger partial charge is 0.394 e. The van der Waals surface area contributed by atoms with E-state index in [1.807, 2.05) is 28.8 Å². The van der Waals surface area contributed by atoms with Crippen molar-refractivity contribution in [3.05, 3.63) is 47.5 Å². The minimum atomic E-state index is -1.50. The van der Waals surface area contributed by atoms with Crippen LogP contribution >= 0.6 is 11.6 Å². The predicted molar refractivity (Wildman–Crippen MR) is 113 cm³/mol. The molecule has 30 heavy (non-hydrogen) atoms. The fourth-order valence-corrected chi connectivity index (χ4v) is 3.13. The molecule has 1 aliphatic heterocycles. The van der Waals surface area contributed by atoms with E-state index in [1.165, 1.54) is 20.2 Å². The summed E-state index contributed by atoms with van der Waals surface area (Å²) in [7, 11) is 0. The minimum absolute atomic E-state index is 0.0337. The first-order valence-electron chi connectivity index (χ1n) is 9.61. The van der Waals surface area contributed by atoms with Gasteiger partial charge in [-0.15, -0.1) is 0 Å². The zero-order chi connectivity index (χ0) is 21.7. The van der Waals surface area contributed by atoms with Crippen LogP contribution in [-0.4, -0.2) is 53.3 Å². The van der Waals surface area contributed by atoms with E-state index in [1.54, 1.807) is 6.33 Å². The average molecular weight is 436 g/mol. The van der Waals surface area contributed by atoms with Gasteiger partial charge < -0.3 is 25.4 Å². The molecule has 2 atom stereocenters. The lowest BCUT2D eigenvalue weighted by Gasteiger charge is -2.14. The highest BCUT2D eigenvalue weighted by Crippen LogP contribution is 2.31. The molecule has 0 saturated carbocycles. The summed E-state index contributed by atoms with van der Waals surface area (Å²) in [5.41, 5.74) is 2.52. The fraction of sp³-hybridized carbons (Fsp3) is 0.450. The van der Waals surface area contributed by atoms with Gasteiger partial charge in [0.25, 0.3) is 0 Å². The fourth-order valence-electron chi connectivity index (χ4n) is 3.01. The maximum absolute atomic E-state index is 9.24. The Labute approximate surface area is 179 Å². The van der Waals surface area contributed by atoms with Crippen LogP contribution in [0.1, 0.15) is 38.5 Å². The van der Waals surface area contributed by atoms with E-state index in [0.717, 1.165) is 24.1 Å². The average Bonchev–Trinajstić information content (AvgIpc) is 3.33. The number of aliphatic hydroxyl groups is 3. The number of fused-ring (bicyclic) bond motifs is 1. The molecule has 0 bridgehead atoms. The topological polar surface area (TPSA) is 126 Å². The summed E-state index contributed by atoms with van der Waals surface area (Å²) in [6.07, 6.45) is 4.62. The summed E-state index contributed by atoms with van der Waals surface area (Å²) in [6.45, 7) is 3.24. The lowest BCUT2D eigenvalue weighted by molar-refractivity contribution is -0.127. The van der Waals surface area contributed by atoms with Crippen LogP contribution in [0.25, 0.3) is 11.2 Å². The third kappa shape index (κ3) is 6.10. The third-order valence-electron chi connectivity index (χ3n) is 4.33. The van der Waals surface area contributed by atoms with Crippen LogP contribution in [0.5, 0.6) is 0 Å². The van der Waals surface area contributed by atoms with Crippen LogP contribution in [0.4, 0.5) is 5.82 Å². The number of rotatable bonds is 5. The summed E-state index contributed by atoms with van der Waals surface area (Å²) >= 11 is 5.91. The van der Waals surface area contributed by atoms with Crippen LogP contribution < -0.4 is 5.32 Å². The Morgan fingerprint density at radius 2 is 1.87 bits per heavy atom. The van der Waals surface area contributed by atoms with Crippen molar-refractivity contribution >= 4 is 28.6 Å². The Hall–Kier alpha value is -2.30. The SMILES string of the molecule is CC(C)(O)O.OCC1CCC(n2cnc3c(NCc4ccc(Cl)cc4)ncnc32)O1. The number of ether oxygens (including phenoxy) is 1. The third-order valence-corrected chi connectivity index (χ3v) is 4.58. The molecule has 1 saturated heterocycles. The van der Waals surface area contributed by atoms with Gasteiger partial charge in [-0.3, -0.25) is 4.57 Å². The number of hydrogen-bond donors (Lipinski definition) is 4. The molecule has 9 nitrogen and oxygen atoms in total. The molecule has 2 aromatic heterocycles. The molecule has 1 aliphatic rings. The highest BCUT2D eigenvalue weighted by atomic mass is 35.5. The van der Waals surface area contributed by atoms with Crippen LogP contribution in [0.15, 0.2) is 36.9 Å². The van der Waals surface area contributed by atoms with Gasteiger partial charge in [-0.25, -0.2) is 15.0 Å². The number of nitrogens with zero attached hydrogens (tertiary/aromatic N) is 4. The van der Waals surface area contributed by atoms with Gasteiger partial charge >= 0.3 is 0 Å². The summed E-state index contributed by atoms with van der Waals surface area (Å²) in [5.74, 6) is -0.824. The van der Waals surface area contributed by atoms with Crippen molar-refractivity contribution in [2.24, 2.45) is 0 Å². The molecular weight excluding hydrogens is 410 g/mol. The van der Waals surface area contributed by atoms with Crippen LogP contribution in [0.3, 0.4) is 0 Å². The first-order chi connectivity index (χ1) is 14.2. The molecule has 1 aromatic carbocycles. The number of aliphatic hydroxyl groups excluding tert-OH is 1. The molecule has 1 fully saturated rings. The minimum Gasteiger partial charge on any atom is -0.394 e. The molecule has 3 heterocycles. The Morgan fingerprint density at radius 3 is 2.50 bits per heavy atom. The van der Waals surface area contributed by atoms with Crippen molar-refractivity contribution in [3.8, 4) is 0 Å². The van der Waals surface area contributed by atoms with E-state index in [9.17, 15) is 5.11 Å². The monoisotopic (exact) mass is 435 g/mol. The van der Waals surface area contributed by atoms with Crippen LogP contribution in [0.2, 0.25) is 5.02 Å². The number of nitrogens with one attached hydrogen (secondary N) is 1. The van der Waals surface area contributed by atoms with Gasteiger partial charge in [0.15, 0.2) is 22.8 Å². The van der Waals surface area contributed by atoms with Crippen molar-refractivity contribution in [2.75, 3.05) is 11.9 Å². The van der Waals surface area contributed by atoms with Crippen LogP contribution in [0, 0.1) is 0 Å². The van der Waals surface area contributed by atoms with Gasteiger partial charge in [0.05, 0.1) is 19.0 Å². The lowest BCUT2D eigenvalue weighted by Crippen LogP contribution is -2.15. The van der Waals surface area contributed by atoms with E-state index in [4.69, 9.17) is 26.6 Å². The Bertz CT molecular complexity index is 952. The molecule has 0 radical (unpaired) electrons. The second kappa shape index (κ2) is 9.67. The van der Waals surface area contributed by atoms with Gasteiger partial charge in [0.2, 0.25) is 0 Å². The maximum atomic E-state index is 9.24. The summed E-state index contributed by atoms with van der Waals surface area (Å²) in [5, 5.41) is 29.4. The van der Waals surface area contributed by atoms with Gasteiger partial charge in [-0.2, -0.15) is 0 Å². The normalized spacial score (nSPS) is 18.9. The molecule has 0 amide bonds. The number of hydrogen-bond acceptors (Lipinski definition) is 8. The van der Waals surface area contributed by atoms with Crippen molar-refractivity contribution < 1.29 is 20.1 Å². The van der Waals surface area contributed by atoms with E-state index in [0.29, 0.717) is 22.9 Å². The van der Waals surface area contributed by atoms with E-state index >= 15 is 0 Å². The highest BCUT2D eigenvalue weighted by molar-refractivity contribution is 6.30. The zero-order valence-electron chi connectivity index (χ0n) is 16.9. The van der Waals surface area contributed by atoms with Gasteiger partial charge in [0.1, 0.15) is 12.6 Å². The molecule has 0 aliphatic carbocycles. The number of anilines is 1. The molecule has 0 spiro atoms. The summed E-state index contributed by atoms with van der Waals surface area (Å²) in [4.78, 5) is 13.1. The van der Waals surface area contributed by atoms with E-state index in [2.05, 4.69) is 20.3 Å².